The maximum atomic E-state index is 12.3. The standard InChI is InChI=1S/C38H42N6O4S2/c1-3-33(29-15-19-31(20-16-29)47-25-35(45)41-43-37(49)39-23-27-11-7-5-8-12-27)34(4-2)30-17-21-32(22-18-30)48-26-36(46)42-44-38(50)40-24-28-13-9-6-10-14-28/h5-22H,3-4,23-26H2,1-2H3,(H,41,45)(H,42,46)(H2,39,43,49)(H2,40,44,50)/b34-33+. The van der Waals surface area contributed by atoms with E-state index in [-0.39, 0.29) is 25.0 Å². The number of ether oxygens (including phenoxy) is 2. The number of carbonyl (C=O) groups excluding carboxylic acids is 2. The van der Waals surface area contributed by atoms with Gasteiger partial charge in [-0.3, -0.25) is 31.3 Å². The van der Waals surface area contributed by atoms with Crippen LogP contribution in [0.2, 0.25) is 0 Å². The molecule has 0 saturated carbocycles. The molecule has 2 amide bonds. The number of rotatable bonds is 14. The number of carbonyl (C=O) groups is 2. The molecule has 0 aliphatic rings. The fourth-order valence-corrected chi connectivity index (χ4v) is 5.20. The van der Waals surface area contributed by atoms with Gasteiger partial charge in [0.1, 0.15) is 11.5 Å². The van der Waals surface area contributed by atoms with Crippen LogP contribution in [-0.2, 0) is 22.7 Å². The van der Waals surface area contributed by atoms with Crippen LogP contribution in [0.3, 0.4) is 0 Å². The lowest BCUT2D eigenvalue weighted by molar-refractivity contribution is -0.124. The normalized spacial score (nSPS) is 10.9. The second-order valence-electron chi connectivity index (χ2n) is 11.0. The van der Waals surface area contributed by atoms with Gasteiger partial charge in [0.05, 0.1) is 0 Å². The molecule has 0 spiro atoms. The van der Waals surface area contributed by atoms with Gasteiger partial charge in [0.2, 0.25) is 0 Å². The molecule has 10 nitrogen and oxygen atoms in total. The average Bonchev–Trinajstić information content (AvgIpc) is 3.16. The number of hydrazine groups is 2. The summed E-state index contributed by atoms with van der Waals surface area (Å²) in [6.45, 7) is 5.00. The van der Waals surface area contributed by atoms with Gasteiger partial charge in [0.25, 0.3) is 11.8 Å². The Balaban J connectivity index is 1.22. The van der Waals surface area contributed by atoms with Crippen LogP contribution < -0.4 is 41.8 Å². The van der Waals surface area contributed by atoms with Crippen molar-refractivity contribution < 1.29 is 19.1 Å². The quantitative estimate of drug-likeness (QED) is 0.0563. The lowest BCUT2D eigenvalue weighted by atomic mass is 9.91. The largest absolute Gasteiger partial charge is 0.484 e. The molecule has 0 aliphatic carbocycles. The fraction of sp³-hybridized carbons (Fsp3) is 0.211. The van der Waals surface area contributed by atoms with Crippen LogP contribution in [0, 0.1) is 0 Å². The van der Waals surface area contributed by atoms with Crippen molar-refractivity contribution in [1.82, 2.24) is 32.3 Å². The van der Waals surface area contributed by atoms with E-state index < -0.39 is 0 Å². The van der Waals surface area contributed by atoms with E-state index in [0.29, 0.717) is 34.8 Å². The molecule has 0 heterocycles. The Morgan fingerprint density at radius 2 is 0.880 bits per heavy atom. The van der Waals surface area contributed by atoms with Crippen molar-refractivity contribution >= 4 is 57.6 Å². The number of hydrogen-bond acceptors (Lipinski definition) is 6. The number of allylic oxidation sites excluding steroid dienone is 2. The molecule has 4 aromatic carbocycles. The highest BCUT2D eigenvalue weighted by molar-refractivity contribution is 7.80. The van der Waals surface area contributed by atoms with Gasteiger partial charge in [-0.1, -0.05) is 98.8 Å². The Morgan fingerprint density at radius 3 is 1.22 bits per heavy atom. The SMILES string of the molecule is CC/C(=C(/CC)c1ccc(OCC(=O)NNC(=S)NCc2ccccc2)cc1)c1ccc(OCC(=O)NNC(=S)NCc2ccccc2)cc1. The number of hydrogen-bond donors (Lipinski definition) is 6. The predicted molar refractivity (Wildman–Crippen MR) is 206 cm³/mol. The highest BCUT2D eigenvalue weighted by Gasteiger charge is 2.11. The molecule has 4 rings (SSSR count). The first-order valence-electron chi connectivity index (χ1n) is 16.3. The van der Waals surface area contributed by atoms with E-state index >= 15 is 0 Å². The van der Waals surface area contributed by atoms with Crippen molar-refractivity contribution in [2.75, 3.05) is 13.2 Å². The first-order chi connectivity index (χ1) is 24.3. The zero-order chi connectivity index (χ0) is 35.6. The summed E-state index contributed by atoms with van der Waals surface area (Å²) in [5, 5.41) is 6.69. The predicted octanol–water partition coefficient (Wildman–Crippen LogP) is 5.57. The third-order valence-electron chi connectivity index (χ3n) is 7.44. The summed E-state index contributed by atoms with van der Waals surface area (Å²) in [7, 11) is 0. The first kappa shape index (κ1) is 37.4. The summed E-state index contributed by atoms with van der Waals surface area (Å²) in [5.74, 6) is 0.434. The minimum absolute atomic E-state index is 0.170. The van der Waals surface area contributed by atoms with E-state index in [4.69, 9.17) is 33.9 Å². The summed E-state index contributed by atoms with van der Waals surface area (Å²) >= 11 is 10.4. The van der Waals surface area contributed by atoms with Gasteiger partial charge >= 0.3 is 0 Å². The molecule has 0 unspecified atom stereocenters. The summed E-state index contributed by atoms with van der Waals surface area (Å²) < 4.78 is 11.4. The summed E-state index contributed by atoms with van der Waals surface area (Å²) in [6, 6.07) is 35.0. The molecule has 0 atom stereocenters. The molecule has 4 aromatic rings. The van der Waals surface area contributed by atoms with Crippen LogP contribution in [0.25, 0.3) is 11.1 Å². The van der Waals surface area contributed by atoms with Gasteiger partial charge in [0, 0.05) is 13.1 Å². The van der Waals surface area contributed by atoms with Crippen LogP contribution in [0.1, 0.15) is 48.9 Å². The van der Waals surface area contributed by atoms with Gasteiger partial charge in [-0.2, -0.15) is 0 Å². The minimum Gasteiger partial charge on any atom is -0.484 e. The Bertz CT molecular complexity index is 1610. The monoisotopic (exact) mass is 710 g/mol. The molecule has 0 bridgehead atoms. The molecule has 50 heavy (non-hydrogen) atoms. The Hall–Kier alpha value is -5.46. The lowest BCUT2D eigenvalue weighted by Crippen LogP contribution is -2.48. The topological polar surface area (TPSA) is 125 Å². The fourth-order valence-electron chi connectivity index (χ4n) is 4.96. The van der Waals surface area contributed by atoms with E-state index in [9.17, 15) is 9.59 Å². The maximum absolute atomic E-state index is 12.3. The van der Waals surface area contributed by atoms with Gasteiger partial charge < -0.3 is 20.1 Å². The van der Waals surface area contributed by atoms with E-state index in [1.54, 1.807) is 0 Å². The number of nitrogens with one attached hydrogen (secondary N) is 6. The van der Waals surface area contributed by atoms with Crippen LogP contribution in [0.4, 0.5) is 0 Å². The second-order valence-corrected chi connectivity index (χ2v) is 11.8. The minimum atomic E-state index is -0.360. The molecular formula is C38H42N6O4S2. The van der Waals surface area contributed by atoms with Crippen LogP contribution in [0.15, 0.2) is 109 Å². The molecule has 0 aliphatic heterocycles. The number of benzene rings is 4. The Kier molecular flexibility index (Phi) is 15.1. The highest BCUT2D eigenvalue weighted by atomic mass is 32.1. The third kappa shape index (κ3) is 12.5. The Labute approximate surface area is 304 Å². The van der Waals surface area contributed by atoms with Crippen molar-refractivity contribution in [1.29, 1.82) is 0 Å². The van der Waals surface area contributed by atoms with Gasteiger partial charge in [-0.15, -0.1) is 0 Å². The van der Waals surface area contributed by atoms with Crippen molar-refractivity contribution in [3.05, 3.63) is 131 Å². The highest BCUT2D eigenvalue weighted by Crippen LogP contribution is 2.33. The summed E-state index contributed by atoms with van der Waals surface area (Å²) in [6.07, 6.45) is 1.65. The van der Waals surface area contributed by atoms with E-state index in [1.165, 1.54) is 11.1 Å². The van der Waals surface area contributed by atoms with Crippen molar-refractivity contribution in [2.45, 2.75) is 39.8 Å². The zero-order valence-electron chi connectivity index (χ0n) is 28.1. The lowest BCUT2D eigenvalue weighted by Gasteiger charge is -2.16. The summed E-state index contributed by atoms with van der Waals surface area (Å²) in [5.41, 5.74) is 17.1. The molecule has 260 valence electrons. The van der Waals surface area contributed by atoms with Crippen molar-refractivity contribution in [2.24, 2.45) is 0 Å². The molecule has 0 fully saturated rings. The zero-order valence-corrected chi connectivity index (χ0v) is 29.7. The van der Waals surface area contributed by atoms with Crippen molar-refractivity contribution in [3.8, 4) is 11.5 Å². The first-order valence-corrected chi connectivity index (χ1v) is 17.1. The van der Waals surface area contributed by atoms with Crippen LogP contribution >= 0.6 is 24.4 Å². The third-order valence-corrected chi connectivity index (χ3v) is 7.93. The maximum Gasteiger partial charge on any atom is 0.276 e. The smallest absolute Gasteiger partial charge is 0.276 e. The van der Waals surface area contributed by atoms with E-state index in [0.717, 1.165) is 35.1 Å². The molecular weight excluding hydrogens is 669 g/mol. The second kappa shape index (κ2) is 20.1. The molecule has 0 radical (unpaired) electrons. The molecule has 6 N–H and O–H groups in total. The number of thiocarbonyl (C=S) groups is 2. The number of amides is 2. The summed E-state index contributed by atoms with van der Waals surface area (Å²) in [4.78, 5) is 24.6. The van der Waals surface area contributed by atoms with Crippen LogP contribution in [-0.4, -0.2) is 35.3 Å². The Morgan fingerprint density at radius 1 is 0.520 bits per heavy atom. The average molecular weight is 711 g/mol. The molecule has 0 saturated heterocycles. The van der Waals surface area contributed by atoms with Gasteiger partial charge in [-0.05, 0) is 94.9 Å². The van der Waals surface area contributed by atoms with Crippen molar-refractivity contribution in [3.63, 3.8) is 0 Å². The van der Waals surface area contributed by atoms with E-state index in [2.05, 4.69) is 46.2 Å². The van der Waals surface area contributed by atoms with Crippen LogP contribution in [0.5, 0.6) is 11.5 Å². The molecule has 0 aromatic heterocycles. The molecule has 12 heteroatoms. The van der Waals surface area contributed by atoms with Gasteiger partial charge in [-0.25, -0.2) is 0 Å². The van der Waals surface area contributed by atoms with Gasteiger partial charge in [0.15, 0.2) is 23.4 Å². The van der Waals surface area contributed by atoms with E-state index in [1.807, 2.05) is 109 Å².